The summed E-state index contributed by atoms with van der Waals surface area (Å²) in [6, 6.07) is 8.68. The lowest BCUT2D eigenvalue weighted by Gasteiger charge is -2.08. The molecule has 0 spiro atoms. The highest BCUT2D eigenvalue weighted by Gasteiger charge is 2.07. The van der Waals surface area contributed by atoms with Crippen LogP contribution in [0.25, 0.3) is 0 Å². The first-order valence-corrected chi connectivity index (χ1v) is 6.05. The van der Waals surface area contributed by atoms with Gasteiger partial charge in [0.15, 0.2) is 0 Å². The van der Waals surface area contributed by atoms with Gasteiger partial charge in [0.25, 0.3) is 5.91 Å². The zero-order chi connectivity index (χ0) is 13.0. The molecule has 0 radical (unpaired) electrons. The van der Waals surface area contributed by atoms with Gasteiger partial charge in [-0.05, 0) is 46.3 Å². The molecular formula is C13H11BrN2O2. The molecular weight excluding hydrogens is 296 g/mol. The molecule has 0 aliphatic carbocycles. The van der Waals surface area contributed by atoms with Gasteiger partial charge in [-0.1, -0.05) is 0 Å². The van der Waals surface area contributed by atoms with Crippen LogP contribution >= 0.6 is 15.9 Å². The zero-order valence-electron chi connectivity index (χ0n) is 9.68. The van der Waals surface area contributed by atoms with Gasteiger partial charge in [-0.25, -0.2) is 0 Å². The Kier molecular flexibility index (Phi) is 3.94. The van der Waals surface area contributed by atoms with Gasteiger partial charge in [0, 0.05) is 23.6 Å². The van der Waals surface area contributed by atoms with E-state index in [0.29, 0.717) is 11.3 Å². The number of carbonyl (C=O) groups is 1. The van der Waals surface area contributed by atoms with Gasteiger partial charge in [-0.3, -0.25) is 9.78 Å². The highest BCUT2D eigenvalue weighted by atomic mass is 79.9. The Hall–Kier alpha value is -1.88. The van der Waals surface area contributed by atoms with Crippen molar-refractivity contribution in [2.24, 2.45) is 0 Å². The lowest BCUT2D eigenvalue weighted by molar-refractivity contribution is 0.102. The first-order valence-electron chi connectivity index (χ1n) is 5.25. The number of benzene rings is 1. The largest absolute Gasteiger partial charge is 0.496 e. The lowest BCUT2D eigenvalue weighted by Crippen LogP contribution is -2.11. The number of anilines is 1. The summed E-state index contributed by atoms with van der Waals surface area (Å²) in [6.45, 7) is 0. The monoisotopic (exact) mass is 306 g/mol. The number of carbonyl (C=O) groups excluding carboxylic acids is 1. The number of rotatable bonds is 3. The lowest BCUT2D eigenvalue weighted by atomic mass is 10.2. The summed E-state index contributed by atoms with van der Waals surface area (Å²) in [7, 11) is 1.59. The molecule has 1 heterocycles. The average molecular weight is 307 g/mol. The van der Waals surface area contributed by atoms with Crippen LogP contribution in [0.4, 0.5) is 5.69 Å². The van der Waals surface area contributed by atoms with Gasteiger partial charge in [0.2, 0.25) is 0 Å². The molecule has 5 heteroatoms. The number of amides is 1. The van der Waals surface area contributed by atoms with Crippen LogP contribution < -0.4 is 10.1 Å². The van der Waals surface area contributed by atoms with Crippen molar-refractivity contribution in [2.75, 3.05) is 12.4 Å². The van der Waals surface area contributed by atoms with Gasteiger partial charge in [-0.15, -0.1) is 0 Å². The van der Waals surface area contributed by atoms with Crippen molar-refractivity contribution >= 4 is 27.5 Å². The molecule has 0 fully saturated rings. The molecule has 0 saturated heterocycles. The van der Waals surface area contributed by atoms with E-state index in [1.165, 1.54) is 0 Å². The van der Waals surface area contributed by atoms with E-state index < -0.39 is 0 Å². The third-order valence-electron chi connectivity index (χ3n) is 2.35. The van der Waals surface area contributed by atoms with Crippen molar-refractivity contribution in [1.29, 1.82) is 0 Å². The minimum Gasteiger partial charge on any atom is -0.496 e. The molecule has 0 aliphatic heterocycles. The normalized spacial score (nSPS) is 9.89. The number of hydrogen-bond acceptors (Lipinski definition) is 3. The van der Waals surface area contributed by atoms with Crippen molar-refractivity contribution in [3.8, 4) is 5.75 Å². The molecule has 1 amide bonds. The van der Waals surface area contributed by atoms with Crippen LogP contribution in [-0.2, 0) is 0 Å². The number of nitrogens with one attached hydrogen (secondary N) is 1. The molecule has 0 saturated carbocycles. The number of hydrogen-bond donors (Lipinski definition) is 1. The summed E-state index contributed by atoms with van der Waals surface area (Å²) in [4.78, 5) is 15.8. The number of halogens is 1. The fraction of sp³-hybridized carbons (Fsp3) is 0.0769. The van der Waals surface area contributed by atoms with Crippen molar-refractivity contribution in [3.63, 3.8) is 0 Å². The number of aromatic nitrogens is 1. The summed E-state index contributed by atoms with van der Waals surface area (Å²) in [5.41, 5.74) is 1.27. The Morgan fingerprint density at radius 3 is 2.61 bits per heavy atom. The van der Waals surface area contributed by atoms with Crippen LogP contribution in [0.1, 0.15) is 10.4 Å². The molecule has 18 heavy (non-hydrogen) atoms. The molecule has 0 unspecified atom stereocenters. The van der Waals surface area contributed by atoms with Gasteiger partial charge in [-0.2, -0.15) is 0 Å². The van der Waals surface area contributed by atoms with E-state index in [1.807, 2.05) is 0 Å². The number of methoxy groups -OCH3 is 1. The fourth-order valence-electron chi connectivity index (χ4n) is 1.45. The predicted octanol–water partition coefficient (Wildman–Crippen LogP) is 3.11. The van der Waals surface area contributed by atoms with E-state index in [0.717, 1.165) is 10.2 Å². The van der Waals surface area contributed by atoms with Crippen molar-refractivity contribution in [3.05, 3.63) is 52.8 Å². The van der Waals surface area contributed by atoms with Crippen LogP contribution in [0.5, 0.6) is 5.75 Å². The predicted molar refractivity (Wildman–Crippen MR) is 72.9 cm³/mol. The van der Waals surface area contributed by atoms with E-state index in [2.05, 4.69) is 26.2 Å². The van der Waals surface area contributed by atoms with E-state index >= 15 is 0 Å². The Morgan fingerprint density at radius 2 is 2.00 bits per heavy atom. The smallest absolute Gasteiger partial charge is 0.255 e. The molecule has 0 aliphatic rings. The quantitative estimate of drug-likeness (QED) is 0.948. The Bertz CT molecular complexity index is 558. The molecule has 1 aromatic heterocycles. The Morgan fingerprint density at radius 1 is 1.28 bits per heavy atom. The maximum absolute atomic E-state index is 11.9. The second kappa shape index (κ2) is 5.64. The fourth-order valence-corrected chi connectivity index (χ4v) is 1.99. The first-order chi connectivity index (χ1) is 8.70. The van der Waals surface area contributed by atoms with E-state index in [-0.39, 0.29) is 5.91 Å². The van der Waals surface area contributed by atoms with E-state index in [1.54, 1.807) is 49.8 Å². The maximum Gasteiger partial charge on any atom is 0.255 e. The zero-order valence-corrected chi connectivity index (χ0v) is 11.3. The Labute approximate surface area is 113 Å². The molecule has 2 aromatic rings. The molecule has 0 atom stereocenters. The molecule has 1 aromatic carbocycles. The van der Waals surface area contributed by atoms with Crippen molar-refractivity contribution < 1.29 is 9.53 Å². The van der Waals surface area contributed by atoms with E-state index in [9.17, 15) is 4.79 Å². The second-order valence-electron chi connectivity index (χ2n) is 3.54. The van der Waals surface area contributed by atoms with Crippen LogP contribution in [0, 0.1) is 0 Å². The molecule has 2 rings (SSSR count). The van der Waals surface area contributed by atoms with Gasteiger partial charge in [0.1, 0.15) is 5.75 Å². The number of pyridine rings is 1. The summed E-state index contributed by atoms with van der Waals surface area (Å²) in [5, 5.41) is 2.80. The Balaban J connectivity index is 2.15. The van der Waals surface area contributed by atoms with Crippen LogP contribution in [0.15, 0.2) is 47.2 Å². The van der Waals surface area contributed by atoms with E-state index in [4.69, 9.17) is 4.74 Å². The number of nitrogens with zero attached hydrogens (tertiary/aromatic N) is 1. The minimum absolute atomic E-state index is 0.172. The van der Waals surface area contributed by atoms with Gasteiger partial charge in [0.05, 0.1) is 11.6 Å². The van der Waals surface area contributed by atoms with Crippen molar-refractivity contribution in [1.82, 2.24) is 4.98 Å². The van der Waals surface area contributed by atoms with Gasteiger partial charge < -0.3 is 10.1 Å². The molecule has 0 bridgehead atoms. The highest BCUT2D eigenvalue weighted by molar-refractivity contribution is 9.10. The maximum atomic E-state index is 11.9. The summed E-state index contributed by atoms with van der Waals surface area (Å²) < 4.78 is 5.91. The van der Waals surface area contributed by atoms with Crippen molar-refractivity contribution in [2.45, 2.75) is 0 Å². The third-order valence-corrected chi connectivity index (χ3v) is 2.97. The summed E-state index contributed by atoms with van der Waals surface area (Å²) in [6.07, 6.45) is 3.16. The standard InChI is InChI=1S/C13H11BrN2O2/c1-18-12-3-2-10(8-11(12)14)16-13(17)9-4-6-15-7-5-9/h2-8H,1H3,(H,16,17). The molecule has 92 valence electrons. The first kappa shape index (κ1) is 12.6. The van der Waals surface area contributed by atoms with Gasteiger partial charge >= 0.3 is 0 Å². The van der Waals surface area contributed by atoms with Crippen LogP contribution in [0.3, 0.4) is 0 Å². The SMILES string of the molecule is COc1ccc(NC(=O)c2ccncc2)cc1Br. The molecule has 1 N–H and O–H groups in total. The van der Waals surface area contributed by atoms with Crippen LogP contribution in [0.2, 0.25) is 0 Å². The topological polar surface area (TPSA) is 51.2 Å². The average Bonchev–Trinajstić information content (AvgIpc) is 2.40. The minimum atomic E-state index is -0.172. The second-order valence-corrected chi connectivity index (χ2v) is 4.39. The third kappa shape index (κ3) is 2.87. The highest BCUT2D eigenvalue weighted by Crippen LogP contribution is 2.27. The summed E-state index contributed by atoms with van der Waals surface area (Å²) in [5.74, 6) is 0.548. The molecule has 4 nitrogen and oxygen atoms in total. The number of ether oxygens (including phenoxy) is 1. The van der Waals surface area contributed by atoms with Crippen LogP contribution in [-0.4, -0.2) is 18.0 Å². The summed E-state index contributed by atoms with van der Waals surface area (Å²) >= 11 is 3.37.